The molecule has 0 aliphatic rings. The molecule has 0 radical (unpaired) electrons. The molecule has 3 aromatic carbocycles. The van der Waals surface area contributed by atoms with Gasteiger partial charge in [0.05, 0.1) is 5.56 Å². The number of para-hydroxylation sites is 1. The number of anilines is 1. The van der Waals surface area contributed by atoms with Gasteiger partial charge in [0, 0.05) is 37.6 Å². The van der Waals surface area contributed by atoms with E-state index in [2.05, 4.69) is 75.8 Å². The smallest absolute Gasteiger partial charge is 0.256 e. The Morgan fingerprint density at radius 2 is 1.77 bits per heavy atom. The number of nitrogens with zero attached hydrogens (tertiary/aromatic N) is 1. The molecule has 0 atom stereocenters. The van der Waals surface area contributed by atoms with Crippen molar-refractivity contribution in [3.8, 4) is 0 Å². The van der Waals surface area contributed by atoms with Gasteiger partial charge >= 0.3 is 0 Å². The average molecular weight is 454 g/mol. The van der Waals surface area contributed by atoms with E-state index in [1.807, 2.05) is 31.2 Å². The predicted octanol–water partition coefficient (Wildman–Crippen LogP) is 5.98. The molecule has 3 nitrogen and oxygen atoms in total. The zero-order valence-corrected chi connectivity index (χ0v) is 16.9. The van der Waals surface area contributed by atoms with Crippen molar-refractivity contribution in [3.63, 3.8) is 0 Å². The minimum atomic E-state index is -0.0759. The zero-order chi connectivity index (χ0) is 18.3. The van der Waals surface area contributed by atoms with Gasteiger partial charge in [-0.1, -0.05) is 29.8 Å². The summed E-state index contributed by atoms with van der Waals surface area (Å²) in [6.45, 7) is 5.10. The number of fused-ring (bicyclic) bond motifs is 3. The number of nitrogens with one attached hydrogen (secondary N) is 1. The fourth-order valence-corrected chi connectivity index (χ4v) is 4.39. The molecule has 26 heavy (non-hydrogen) atoms. The van der Waals surface area contributed by atoms with E-state index in [1.54, 1.807) is 0 Å². The summed E-state index contributed by atoms with van der Waals surface area (Å²) in [5.74, 6) is -0.0759. The van der Waals surface area contributed by atoms with Crippen LogP contribution < -0.4 is 5.32 Å². The molecule has 4 rings (SSSR count). The topological polar surface area (TPSA) is 34.0 Å². The van der Waals surface area contributed by atoms with Crippen LogP contribution in [0.1, 0.15) is 22.8 Å². The second kappa shape index (κ2) is 6.76. The molecule has 4 heteroatoms. The Hall–Kier alpha value is -2.34. The third-order valence-electron chi connectivity index (χ3n) is 4.72. The number of carbonyl (C=O) groups excluding carboxylic acids is 1. The molecule has 1 amide bonds. The molecule has 1 heterocycles. The largest absolute Gasteiger partial charge is 0.341 e. The van der Waals surface area contributed by atoms with Gasteiger partial charge in [0.1, 0.15) is 0 Å². The van der Waals surface area contributed by atoms with Crippen LogP contribution in [0.3, 0.4) is 0 Å². The van der Waals surface area contributed by atoms with E-state index < -0.39 is 0 Å². The number of aromatic nitrogens is 1. The van der Waals surface area contributed by atoms with Crippen molar-refractivity contribution in [3.05, 3.63) is 75.4 Å². The highest BCUT2D eigenvalue weighted by molar-refractivity contribution is 14.1. The standard InChI is InChI=1S/C22H19IN2O/c1-3-25-20-7-5-4-6-16(20)18-13-15(9-11-21(18)25)24-22(26)17-10-8-14(2)12-19(17)23/h4-13H,3H2,1-2H3,(H,24,26). The normalized spacial score (nSPS) is 11.2. The summed E-state index contributed by atoms with van der Waals surface area (Å²) in [6, 6.07) is 20.4. The Morgan fingerprint density at radius 3 is 2.54 bits per heavy atom. The summed E-state index contributed by atoms with van der Waals surface area (Å²) >= 11 is 2.21. The number of amides is 1. The number of aryl methyl sites for hydroxylation is 2. The summed E-state index contributed by atoms with van der Waals surface area (Å²) in [6.07, 6.45) is 0. The quantitative estimate of drug-likeness (QED) is 0.380. The summed E-state index contributed by atoms with van der Waals surface area (Å²) in [5, 5.41) is 5.43. The molecular formula is C22H19IN2O. The first kappa shape index (κ1) is 17.1. The van der Waals surface area contributed by atoms with Gasteiger partial charge < -0.3 is 9.88 Å². The van der Waals surface area contributed by atoms with E-state index >= 15 is 0 Å². The maximum atomic E-state index is 12.7. The van der Waals surface area contributed by atoms with Crippen LogP contribution in [0, 0.1) is 10.5 Å². The highest BCUT2D eigenvalue weighted by atomic mass is 127. The van der Waals surface area contributed by atoms with Gasteiger partial charge in [0.2, 0.25) is 0 Å². The second-order valence-electron chi connectivity index (χ2n) is 6.43. The third kappa shape index (κ3) is 2.88. The maximum Gasteiger partial charge on any atom is 0.256 e. The van der Waals surface area contributed by atoms with Crippen molar-refractivity contribution in [1.82, 2.24) is 4.57 Å². The second-order valence-corrected chi connectivity index (χ2v) is 7.59. The summed E-state index contributed by atoms with van der Waals surface area (Å²) in [7, 11) is 0. The number of hydrogen-bond acceptors (Lipinski definition) is 1. The Balaban J connectivity index is 1.76. The molecule has 0 fully saturated rings. The predicted molar refractivity (Wildman–Crippen MR) is 117 cm³/mol. The highest BCUT2D eigenvalue weighted by Gasteiger charge is 2.13. The van der Waals surface area contributed by atoms with Gasteiger partial charge in [-0.2, -0.15) is 0 Å². The van der Waals surface area contributed by atoms with Gasteiger partial charge in [-0.25, -0.2) is 0 Å². The highest BCUT2D eigenvalue weighted by Crippen LogP contribution is 2.31. The van der Waals surface area contributed by atoms with E-state index in [-0.39, 0.29) is 5.91 Å². The van der Waals surface area contributed by atoms with Crippen LogP contribution in [0.2, 0.25) is 0 Å². The first-order valence-electron chi connectivity index (χ1n) is 8.67. The van der Waals surface area contributed by atoms with E-state index in [0.29, 0.717) is 5.56 Å². The van der Waals surface area contributed by atoms with Crippen LogP contribution in [0.25, 0.3) is 21.8 Å². The monoisotopic (exact) mass is 454 g/mol. The number of benzene rings is 3. The summed E-state index contributed by atoms with van der Waals surface area (Å²) in [5.41, 5.74) is 5.09. The molecule has 1 aromatic heterocycles. The third-order valence-corrected chi connectivity index (χ3v) is 5.61. The van der Waals surface area contributed by atoms with E-state index in [0.717, 1.165) is 21.4 Å². The molecule has 4 aromatic rings. The maximum absolute atomic E-state index is 12.7. The van der Waals surface area contributed by atoms with Crippen molar-refractivity contribution in [2.75, 3.05) is 5.32 Å². The van der Waals surface area contributed by atoms with Gasteiger partial charge in [-0.05, 0) is 72.8 Å². The van der Waals surface area contributed by atoms with Crippen molar-refractivity contribution in [2.24, 2.45) is 0 Å². The van der Waals surface area contributed by atoms with Gasteiger partial charge in [0.15, 0.2) is 0 Å². The Bertz CT molecular complexity index is 1140. The zero-order valence-electron chi connectivity index (χ0n) is 14.7. The molecule has 1 N–H and O–H groups in total. The molecule has 0 aliphatic carbocycles. The molecule has 0 unspecified atom stereocenters. The van der Waals surface area contributed by atoms with Crippen molar-refractivity contribution in [2.45, 2.75) is 20.4 Å². The van der Waals surface area contributed by atoms with Crippen LogP contribution in [-0.4, -0.2) is 10.5 Å². The lowest BCUT2D eigenvalue weighted by Gasteiger charge is -2.08. The van der Waals surface area contributed by atoms with Gasteiger partial charge in [0.25, 0.3) is 5.91 Å². The lowest BCUT2D eigenvalue weighted by atomic mass is 10.1. The van der Waals surface area contributed by atoms with E-state index in [9.17, 15) is 4.79 Å². The fourth-order valence-electron chi connectivity index (χ4n) is 3.47. The van der Waals surface area contributed by atoms with Crippen LogP contribution in [0.15, 0.2) is 60.7 Å². The van der Waals surface area contributed by atoms with Crippen molar-refractivity contribution < 1.29 is 4.79 Å². The minimum absolute atomic E-state index is 0.0759. The number of hydrogen-bond donors (Lipinski definition) is 1. The number of carbonyl (C=O) groups is 1. The van der Waals surface area contributed by atoms with Crippen LogP contribution in [-0.2, 0) is 6.54 Å². The van der Waals surface area contributed by atoms with Crippen LogP contribution in [0.5, 0.6) is 0 Å². The number of halogens is 1. The Labute approximate surface area is 166 Å². The first-order chi connectivity index (χ1) is 12.6. The molecule has 0 saturated heterocycles. The molecule has 0 bridgehead atoms. The molecule has 0 aliphatic heterocycles. The molecule has 0 saturated carbocycles. The Kier molecular flexibility index (Phi) is 4.44. The fraction of sp³-hybridized carbons (Fsp3) is 0.136. The summed E-state index contributed by atoms with van der Waals surface area (Å²) < 4.78 is 3.27. The SMILES string of the molecule is CCn1c2ccccc2c2cc(NC(=O)c3ccc(C)cc3I)ccc21. The molecule has 130 valence electrons. The number of rotatable bonds is 3. The first-order valence-corrected chi connectivity index (χ1v) is 9.75. The lowest BCUT2D eigenvalue weighted by Crippen LogP contribution is -2.13. The average Bonchev–Trinajstić information content (AvgIpc) is 2.94. The van der Waals surface area contributed by atoms with E-state index in [4.69, 9.17) is 0 Å². The lowest BCUT2D eigenvalue weighted by molar-refractivity contribution is 0.102. The molecular weight excluding hydrogens is 435 g/mol. The Morgan fingerprint density at radius 1 is 1.00 bits per heavy atom. The summed E-state index contributed by atoms with van der Waals surface area (Å²) in [4.78, 5) is 12.7. The molecule has 0 spiro atoms. The van der Waals surface area contributed by atoms with Crippen LogP contribution >= 0.6 is 22.6 Å². The van der Waals surface area contributed by atoms with Crippen molar-refractivity contribution >= 4 is 56.0 Å². The van der Waals surface area contributed by atoms with Gasteiger partial charge in [-0.15, -0.1) is 0 Å². The van der Waals surface area contributed by atoms with E-state index in [1.165, 1.54) is 21.8 Å². The minimum Gasteiger partial charge on any atom is -0.341 e. The van der Waals surface area contributed by atoms with Gasteiger partial charge in [-0.3, -0.25) is 4.79 Å². The van der Waals surface area contributed by atoms with Crippen molar-refractivity contribution in [1.29, 1.82) is 0 Å². The van der Waals surface area contributed by atoms with Crippen LogP contribution in [0.4, 0.5) is 5.69 Å².